The predicted octanol–water partition coefficient (Wildman–Crippen LogP) is 3.62. The maximum atomic E-state index is 5.91. The van der Waals surface area contributed by atoms with Gasteiger partial charge in [-0.2, -0.15) is 0 Å². The van der Waals surface area contributed by atoms with Gasteiger partial charge in [0.1, 0.15) is 5.60 Å². The number of rotatable bonds is 0. The second-order valence-corrected chi connectivity index (χ2v) is 7.00. The SMILES string of the molecule is Brc1cc2c(s1)C1(CC1)OCCS2. The number of hydrogen-bond acceptors (Lipinski definition) is 3. The first-order chi connectivity index (χ1) is 6.30. The number of hydrogen-bond donors (Lipinski definition) is 0. The Morgan fingerprint density at radius 3 is 3.08 bits per heavy atom. The molecule has 1 aromatic rings. The lowest BCUT2D eigenvalue weighted by Crippen LogP contribution is -2.10. The second kappa shape index (κ2) is 2.99. The molecule has 13 heavy (non-hydrogen) atoms. The first-order valence-corrected chi connectivity index (χ1v) is 6.96. The molecule has 4 heteroatoms. The molecule has 3 rings (SSSR count). The largest absolute Gasteiger partial charge is 0.369 e. The fourth-order valence-corrected chi connectivity index (χ4v) is 4.84. The van der Waals surface area contributed by atoms with E-state index in [-0.39, 0.29) is 5.60 Å². The van der Waals surface area contributed by atoms with Crippen LogP contribution in [0, 0.1) is 0 Å². The van der Waals surface area contributed by atoms with Crippen molar-refractivity contribution in [2.75, 3.05) is 12.4 Å². The molecule has 1 aliphatic carbocycles. The van der Waals surface area contributed by atoms with Gasteiger partial charge in [-0.1, -0.05) is 0 Å². The summed E-state index contributed by atoms with van der Waals surface area (Å²) in [5.41, 5.74) is 0.134. The Hall–Kier alpha value is 0.490. The van der Waals surface area contributed by atoms with Crippen molar-refractivity contribution in [3.05, 3.63) is 14.7 Å². The minimum absolute atomic E-state index is 0.134. The minimum atomic E-state index is 0.134. The van der Waals surface area contributed by atoms with E-state index in [4.69, 9.17) is 4.74 Å². The van der Waals surface area contributed by atoms with E-state index in [9.17, 15) is 0 Å². The van der Waals surface area contributed by atoms with E-state index in [0.29, 0.717) is 0 Å². The molecule has 1 aliphatic heterocycles. The highest BCUT2D eigenvalue weighted by atomic mass is 79.9. The Kier molecular flexibility index (Phi) is 2.02. The van der Waals surface area contributed by atoms with Gasteiger partial charge < -0.3 is 4.74 Å². The first-order valence-electron chi connectivity index (χ1n) is 4.37. The molecule has 1 saturated carbocycles. The molecule has 1 aromatic heterocycles. The number of ether oxygens (including phenoxy) is 1. The van der Waals surface area contributed by atoms with Gasteiger partial charge in [-0.25, -0.2) is 0 Å². The third-order valence-corrected chi connectivity index (χ3v) is 5.46. The van der Waals surface area contributed by atoms with Crippen LogP contribution in [0.5, 0.6) is 0 Å². The van der Waals surface area contributed by atoms with Gasteiger partial charge in [-0.3, -0.25) is 0 Å². The van der Waals surface area contributed by atoms with Crippen LogP contribution in [-0.4, -0.2) is 12.4 Å². The summed E-state index contributed by atoms with van der Waals surface area (Å²) in [4.78, 5) is 2.90. The van der Waals surface area contributed by atoms with Gasteiger partial charge in [-0.15, -0.1) is 23.1 Å². The van der Waals surface area contributed by atoms with Crippen molar-refractivity contribution in [2.24, 2.45) is 0 Å². The maximum absolute atomic E-state index is 5.91. The molecular weight excluding hydrogens is 268 g/mol. The zero-order chi connectivity index (χ0) is 8.89. The lowest BCUT2D eigenvalue weighted by atomic mass is 10.3. The van der Waals surface area contributed by atoms with Gasteiger partial charge in [0.2, 0.25) is 0 Å². The molecule has 0 unspecified atom stereocenters. The summed E-state index contributed by atoms with van der Waals surface area (Å²) in [6.45, 7) is 0.906. The van der Waals surface area contributed by atoms with Gasteiger partial charge in [0.05, 0.1) is 15.3 Å². The molecule has 1 nitrogen and oxygen atoms in total. The Balaban J connectivity index is 2.10. The topological polar surface area (TPSA) is 9.23 Å². The van der Waals surface area contributed by atoms with Crippen LogP contribution >= 0.6 is 39.0 Å². The lowest BCUT2D eigenvalue weighted by Gasteiger charge is -2.11. The molecule has 0 aromatic carbocycles. The van der Waals surface area contributed by atoms with Gasteiger partial charge in [0.15, 0.2) is 0 Å². The van der Waals surface area contributed by atoms with Crippen molar-refractivity contribution in [3.8, 4) is 0 Å². The number of halogens is 1. The summed E-state index contributed by atoms with van der Waals surface area (Å²) in [5, 5.41) is 0. The van der Waals surface area contributed by atoms with Gasteiger partial charge in [0.25, 0.3) is 0 Å². The number of thioether (sulfide) groups is 1. The second-order valence-electron chi connectivity index (χ2n) is 3.44. The third kappa shape index (κ3) is 1.39. The van der Waals surface area contributed by atoms with E-state index < -0.39 is 0 Å². The van der Waals surface area contributed by atoms with E-state index in [1.165, 1.54) is 26.4 Å². The lowest BCUT2D eigenvalue weighted by molar-refractivity contribution is 0.0443. The first kappa shape index (κ1) is 8.77. The maximum Gasteiger partial charge on any atom is 0.104 e. The molecule has 0 amide bonds. The molecule has 0 atom stereocenters. The quantitative estimate of drug-likeness (QED) is 0.716. The predicted molar refractivity (Wildman–Crippen MR) is 59.6 cm³/mol. The van der Waals surface area contributed by atoms with Crippen molar-refractivity contribution in [1.82, 2.24) is 0 Å². The van der Waals surface area contributed by atoms with Crippen molar-refractivity contribution in [2.45, 2.75) is 23.3 Å². The molecule has 0 bridgehead atoms. The Labute approximate surface area is 94.0 Å². The van der Waals surface area contributed by atoms with E-state index in [2.05, 4.69) is 22.0 Å². The summed E-state index contributed by atoms with van der Waals surface area (Å²) in [7, 11) is 0. The van der Waals surface area contributed by atoms with E-state index in [1.54, 1.807) is 0 Å². The van der Waals surface area contributed by atoms with Crippen molar-refractivity contribution >= 4 is 39.0 Å². The fraction of sp³-hybridized carbons (Fsp3) is 0.556. The van der Waals surface area contributed by atoms with Crippen molar-refractivity contribution in [3.63, 3.8) is 0 Å². The molecule has 0 N–H and O–H groups in total. The Bertz CT molecular complexity index is 343. The average Bonchev–Trinajstić information content (AvgIpc) is 2.83. The molecule has 2 heterocycles. The zero-order valence-electron chi connectivity index (χ0n) is 7.01. The van der Waals surface area contributed by atoms with Crippen LogP contribution in [0.1, 0.15) is 17.7 Å². The summed E-state index contributed by atoms with van der Waals surface area (Å²) in [6, 6.07) is 2.24. The van der Waals surface area contributed by atoms with Crippen molar-refractivity contribution < 1.29 is 4.74 Å². The molecule has 1 fully saturated rings. The molecular formula is C9H9BrOS2. The van der Waals surface area contributed by atoms with Gasteiger partial charge >= 0.3 is 0 Å². The van der Waals surface area contributed by atoms with E-state index >= 15 is 0 Å². The molecule has 70 valence electrons. The van der Waals surface area contributed by atoms with E-state index in [1.807, 2.05) is 23.1 Å². The summed E-state index contributed by atoms with van der Waals surface area (Å²) in [6.07, 6.45) is 2.43. The third-order valence-electron chi connectivity index (χ3n) is 2.51. The summed E-state index contributed by atoms with van der Waals surface area (Å²) in [5.74, 6) is 1.10. The van der Waals surface area contributed by atoms with Crippen LogP contribution in [0.25, 0.3) is 0 Å². The zero-order valence-corrected chi connectivity index (χ0v) is 10.2. The molecule has 2 aliphatic rings. The smallest absolute Gasteiger partial charge is 0.104 e. The highest BCUT2D eigenvalue weighted by Gasteiger charge is 2.49. The van der Waals surface area contributed by atoms with Crippen LogP contribution in [-0.2, 0) is 10.3 Å². The number of fused-ring (bicyclic) bond motifs is 2. The average molecular weight is 277 g/mol. The fourth-order valence-electron chi connectivity index (χ4n) is 1.71. The minimum Gasteiger partial charge on any atom is -0.369 e. The Morgan fingerprint density at radius 1 is 1.46 bits per heavy atom. The van der Waals surface area contributed by atoms with Crippen LogP contribution < -0.4 is 0 Å². The molecule has 0 saturated heterocycles. The van der Waals surface area contributed by atoms with Gasteiger partial charge in [0, 0.05) is 10.6 Å². The molecule has 0 radical (unpaired) electrons. The highest BCUT2D eigenvalue weighted by Crippen LogP contribution is 2.56. The summed E-state index contributed by atoms with van der Waals surface area (Å²) >= 11 is 7.32. The van der Waals surface area contributed by atoms with Crippen LogP contribution in [0.3, 0.4) is 0 Å². The highest BCUT2D eigenvalue weighted by molar-refractivity contribution is 9.11. The summed E-state index contributed by atoms with van der Waals surface area (Å²) < 4.78 is 7.15. The monoisotopic (exact) mass is 276 g/mol. The normalized spacial score (nSPS) is 24.1. The van der Waals surface area contributed by atoms with Gasteiger partial charge in [-0.05, 0) is 34.8 Å². The van der Waals surface area contributed by atoms with Crippen LogP contribution in [0.15, 0.2) is 14.7 Å². The van der Waals surface area contributed by atoms with Crippen molar-refractivity contribution in [1.29, 1.82) is 0 Å². The molecule has 1 spiro atoms. The Morgan fingerprint density at radius 2 is 2.31 bits per heavy atom. The van der Waals surface area contributed by atoms with E-state index in [0.717, 1.165) is 12.4 Å². The van der Waals surface area contributed by atoms with Crippen LogP contribution in [0.4, 0.5) is 0 Å². The van der Waals surface area contributed by atoms with Crippen LogP contribution in [0.2, 0.25) is 0 Å². The standard InChI is InChI=1S/C9H9BrOS2/c10-7-5-6-8(13-7)9(1-2-9)11-3-4-12-6/h5H,1-4H2. The number of thiophene rings is 1.